The van der Waals surface area contributed by atoms with Crippen molar-refractivity contribution in [2.24, 2.45) is 5.92 Å². The minimum absolute atomic E-state index is 0.592. The molecule has 1 aromatic rings. The van der Waals surface area contributed by atoms with Gasteiger partial charge in [-0.3, -0.25) is 0 Å². The minimum Gasteiger partial charge on any atom is -0.477 e. The van der Waals surface area contributed by atoms with Gasteiger partial charge in [-0.15, -0.1) is 0 Å². The van der Waals surface area contributed by atoms with Crippen LogP contribution in [0.4, 0.5) is 0 Å². The molecule has 1 saturated heterocycles. The summed E-state index contributed by atoms with van der Waals surface area (Å²) in [6, 6.07) is 1.86. The number of nitrogens with one attached hydrogen (secondary N) is 1. The molecule has 2 fully saturated rings. The molecule has 0 bridgehead atoms. The van der Waals surface area contributed by atoms with E-state index in [9.17, 15) is 0 Å². The van der Waals surface area contributed by atoms with Gasteiger partial charge in [-0.05, 0) is 32.2 Å². The molecule has 4 nitrogen and oxygen atoms in total. The molecule has 3 rings (SSSR count). The lowest BCUT2D eigenvalue weighted by atomic mass is 10.0. The lowest BCUT2D eigenvalue weighted by Gasteiger charge is -2.22. The lowest BCUT2D eigenvalue weighted by molar-refractivity contribution is 0.211. The monoisotopic (exact) mass is 233 g/mol. The van der Waals surface area contributed by atoms with E-state index in [4.69, 9.17) is 4.74 Å². The van der Waals surface area contributed by atoms with Gasteiger partial charge in [0.2, 0.25) is 5.88 Å². The molecule has 0 amide bonds. The summed E-state index contributed by atoms with van der Waals surface area (Å²) in [5.74, 6) is 2.93. The Bertz CT molecular complexity index is 373. The first-order valence-corrected chi connectivity index (χ1v) is 6.58. The first-order chi connectivity index (χ1) is 8.42. The van der Waals surface area contributed by atoms with Crippen LogP contribution in [0.5, 0.6) is 5.88 Å². The molecule has 1 saturated carbocycles. The molecule has 0 radical (unpaired) electrons. The van der Waals surface area contributed by atoms with Crippen LogP contribution in [0.15, 0.2) is 12.3 Å². The molecule has 1 atom stereocenters. The van der Waals surface area contributed by atoms with Crippen LogP contribution in [0.2, 0.25) is 0 Å². The maximum Gasteiger partial charge on any atom is 0.216 e. The molecule has 0 aromatic carbocycles. The molecule has 1 aliphatic carbocycles. The summed E-state index contributed by atoms with van der Waals surface area (Å²) < 4.78 is 5.77. The molecule has 0 spiro atoms. The number of nitrogens with zero attached hydrogens (tertiary/aromatic N) is 2. The number of ether oxygens (including phenoxy) is 1. The van der Waals surface area contributed by atoms with Crippen LogP contribution in [0.25, 0.3) is 0 Å². The Morgan fingerprint density at radius 2 is 2.29 bits per heavy atom. The highest BCUT2D eigenvalue weighted by Crippen LogP contribution is 2.38. The molecule has 2 heterocycles. The Morgan fingerprint density at radius 1 is 1.35 bits per heavy atom. The van der Waals surface area contributed by atoms with E-state index < -0.39 is 0 Å². The van der Waals surface area contributed by atoms with Gasteiger partial charge in [0.05, 0.1) is 6.61 Å². The lowest BCUT2D eigenvalue weighted by Crippen LogP contribution is -2.33. The van der Waals surface area contributed by atoms with Crippen LogP contribution in [-0.2, 0) is 0 Å². The first-order valence-electron chi connectivity index (χ1n) is 6.58. The van der Waals surface area contributed by atoms with Crippen LogP contribution in [0.1, 0.15) is 37.4 Å². The zero-order valence-corrected chi connectivity index (χ0v) is 10.1. The third-order valence-electron chi connectivity index (χ3n) is 3.46. The summed E-state index contributed by atoms with van der Waals surface area (Å²) in [6.07, 6.45) is 6.79. The van der Waals surface area contributed by atoms with Crippen molar-refractivity contribution in [1.29, 1.82) is 0 Å². The summed E-state index contributed by atoms with van der Waals surface area (Å²) in [5, 5.41) is 3.40. The molecular formula is C13H19N3O. The van der Waals surface area contributed by atoms with E-state index in [0.29, 0.717) is 11.8 Å². The molecule has 1 aliphatic heterocycles. The highest BCUT2D eigenvalue weighted by molar-refractivity contribution is 5.13. The van der Waals surface area contributed by atoms with E-state index in [1.807, 2.05) is 12.3 Å². The van der Waals surface area contributed by atoms with Gasteiger partial charge in [0.1, 0.15) is 5.82 Å². The van der Waals surface area contributed by atoms with E-state index in [-0.39, 0.29) is 0 Å². The second-order valence-corrected chi connectivity index (χ2v) is 5.05. The topological polar surface area (TPSA) is 47.0 Å². The molecule has 4 heteroatoms. The molecule has 92 valence electrons. The van der Waals surface area contributed by atoms with Crippen molar-refractivity contribution in [2.45, 2.75) is 31.6 Å². The summed E-state index contributed by atoms with van der Waals surface area (Å²) >= 11 is 0. The Labute approximate surface area is 102 Å². The predicted octanol–water partition coefficient (Wildman–Crippen LogP) is 1.73. The largest absolute Gasteiger partial charge is 0.477 e. The van der Waals surface area contributed by atoms with Crippen LogP contribution < -0.4 is 10.1 Å². The van der Waals surface area contributed by atoms with Crippen molar-refractivity contribution in [3.8, 4) is 5.88 Å². The van der Waals surface area contributed by atoms with Gasteiger partial charge in [0, 0.05) is 30.6 Å². The van der Waals surface area contributed by atoms with Gasteiger partial charge in [-0.1, -0.05) is 0 Å². The van der Waals surface area contributed by atoms with Gasteiger partial charge in [0.15, 0.2) is 0 Å². The third-order valence-corrected chi connectivity index (χ3v) is 3.46. The fourth-order valence-corrected chi connectivity index (χ4v) is 2.24. The van der Waals surface area contributed by atoms with Crippen molar-refractivity contribution >= 4 is 0 Å². The van der Waals surface area contributed by atoms with Gasteiger partial charge >= 0.3 is 0 Å². The minimum atomic E-state index is 0.592. The predicted molar refractivity (Wildman–Crippen MR) is 65.1 cm³/mol. The molecular weight excluding hydrogens is 214 g/mol. The number of aromatic nitrogens is 2. The Balaban J connectivity index is 1.54. The molecule has 2 aliphatic rings. The van der Waals surface area contributed by atoms with Crippen LogP contribution in [0, 0.1) is 5.92 Å². The van der Waals surface area contributed by atoms with E-state index in [1.165, 1.54) is 25.7 Å². The Morgan fingerprint density at radius 3 is 3.06 bits per heavy atom. The molecule has 1 unspecified atom stereocenters. The third kappa shape index (κ3) is 2.94. The average Bonchev–Trinajstić information content (AvgIpc) is 3.22. The van der Waals surface area contributed by atoms with Crippen molar-refractivity contribution in [1.82, 2.24) is 15.3 Å². The van der Waals surface area contributed by atoms with E-state index in [2.05, 4.69) is 15.3 Å². The number of hydrogen-bond donors (Lipinski definition) is 1. The van der Waals surface area contributed by atoms with Gasteiger partial charge in [0.25, 0.3) is 0 Å². The summed E-state index contributed by atoms with van der Waals surface area (Å²) in [5.41, 5.74) is 0. The van der Waals surface area contributed by atoms with Crippen LogP contribution in [-0.4, -0.2) is 29.7 Å². The summed E-state index contributed by atoms with van der Waals surface area (Å²) in [7, 11) is 0. The maximum atomic E-state index is 5.77. The van der Waals surface area contributed by atoms with Crippen molar-refractivity contribution < 1.29 is 4.74 Å². The van der Waals surface area contributed by atoms with E-state index in [1.54, 1.807) is 0 Å². The zero-order chi connectivity index (χ0) is 11.5. The SMILES string of the molecule is c1cc(OCC2CCCNC2)nc(C2CC2)n1. The van der Waals surface area contributed by atoms with Crippen molar-refractivity contribution in [3.05, 3.63) is 18.1 Å². The Hall–Kier alpha value is -1.16. The highest BCUT2D eigenvalue weighted by atomic mass is 16.5. The summed E-state index contributed by atoms with van der Waals surface area (Å²) in [6.45, 7) is 2.99. The van der Waals surface area contributed by atoms with Crippen molar-refractivity contribution in [2.75, 3.05) is 19.7 Å². The fraction of sp³-hybridized carbons (Fsp3) is 0.692. The maximum absolute atomic E-state index is 5.77. The van der Waals surface area contributed by atoms with Gasteiger partial charge in [-0.2, -0.15) is 4.98 Å². The number of piperidine rings is 1. The van der Waals surface area contributed by atoms with Gasteiger partial charge in [-0.25, -0.2) is 4.98 Å². The highest BCUT2D eigenvalue weighted by Gasteiger charge is 2.26. The van der Waals surface area contributed by atoms with Crippen molar-refractivity contribution in [3.63, 3.8) is 0 Å². The van der Waals surface area contributed by atoms with Crippen LogP contribution in [0.3, 0.4) is 0 Å². The zero-order valence-electron chi connectivity index (χ0n) is 10.1. The first kappa shape index (κ1) is 11.0. The number of hydrogen-bond acceptors (Lipinski definition) is 4. The summed E-state index contributed by atoms with van der Waals surface area (Å²) in [4.78, 5) is 8.76. The van der Waals surface area contributed by atoms with E-state index in [0.717, 1.165) is 31.4 Å². The molecule has 17 heavy (non-hydrogen) atoms. The Kier molecular flexibility index (Phi) is 3.22. The van der Waals surface area contributed by atoms with Gasteiger partial charge < -0.3 is 10.1 Å². The number of rotatable bonds is 4. The normalized spacial score (nSPS) is 24.6. The second kappa shape index (κ2) is 5.00. The molecule has 1 aromatic heterocycles. The molecule has 1 N–H and O–H groups in total. The second-order valence-electron chi connectivity index (χ2n) is 5.05. The van der Waals surface area contributed by atoms with E-state index >= 15 is 0 Å². The fourth-order valence-electron chi connectivity index (χ4n) is 2.24. The quantitative estimate of drug-likeness (QED) is 0.860. The van der Waals surface area contributed by atoms with Crippen LogP contribution >= 0.6 is 0 Å². The average molecular weight is 233 g/mol. The smallest absolute Gasteiger partial charge is 0.216 e. The standard InChI is InChI=1S/C13H19N3O/c1-2-10(8-14-6-1)9-17-12-5-7-15-13(16-12)11-3-4-11/h5,7,10-11,14H,1-4,6,8-9H2.